The van der Waals surface area contributed by atoms with Crippen molar-refractivity contribution in [3.63, 3.8) is 0 Å². The highest BCUT2D eigenvalue weighted by Gasteiger charge is 2.21. The van der Waals surface area contributed by atoms with E-state index in [9.17, 15) is 14.0 Å². The van der Waals surface area contributed by atoms with Crippen molar-refractivity contribution in [2.75, 3.05) is 38.0 Å². The van der Waals surface area contributed by atoms with Crippen LogP contribution in [0, 0.1) is 12.7 Å². The number of anilines is 1. The Morgan fingerprint density at radius 1 is 1.19 bits per heavy atom. The van der Waals surface area contributed by atoms with Crippen LogP contribution in [-0.4, -0.2) is 64.1 Å². The van der Waals surface area contributed by atoms with E-state index in [1.54, 1.807) is 15.7 Å². The predicted octanol–water partition coefficient (Wildman–Crippen LogP) is 3.58. The average Bonchev–Trinajstić information content (AvgIpc) is 3.05. The minimum absolute atomic E-state index is 0.0859. The SMILES string of the molecule is CCCCn1nc(C)c(/C=C/C(=O)N2CCN(CC(=O)Nc3ccc(F)cc3)CC2)c1Cl. The average molecular weight is 462 g/mol. The van der Waals surface area contributed by atoms with Crippen molar-refractivity contribution in [3.8, 4) is 0 Å². The molecule has 1 aromatic carbocycles. The number of rotatable bonds is 8. The van der Waals surface area contributed by atoms with Crippen LogP contribution in [0.5, 0.6) is 0 Å². The third-order valence-electron chi connectivity index (χ3n) is 5.40. The van der Waals surface area contributed by atoms with Gasteiger partial charge in [0.1, 0.15) is 11.0 Å². The number of unbranched alkanes of at least 4 members (excludes halogenated alkanes) is 1. The van der Waals surface area contributed by atoms with Crippen LogP contribution in [0.1, 0.15) is 31.0 Å². The van der Waals surface area contributed by atoms with Crippen LogP contribution in [0.2, 0.25) is 5.15 Å². The second kappa shape index (κ2) is 11.2. The summed E-state index contributed by atoms with van der Waals surface area (Å²) in [7, 11) is 0. The minimum atomic E-state index is -0.347. The normalized spacial score (nSPS) is 14.8. The second-order valence-corrected chi connectivity index (χ2v) is 8.21. The number of halogens is 2. The predicted molar refractivity (Wildman–Crippen MR) is 124 cm³/mol. The van der Waals surface area contributed by atoms with Gasteiger partial charge in [-0.2, -0.15) is 5.10 Å². The number of nitrogens with zero attached hydrogens (tertiary/aromatic N) is 4. The van der Waals surface area contributed by atoms with Crippen molar-refractivity contribution in [3.05, 3.63) is 52.6 Å². The maximum atomic E-state index is 13.0. The minimum Gasteiger partial charge on any atom is -0.337 e. The van der Waals surface area contributed by atoms with Gasteiger partial charge in [-0.1, -0.05) is 24.9 Å². The molecular formula is C23H29ClFN5O2. The lowest BCUT2D eigenvalue weighted by Gasteiger charge is -2.33. The molecule has 1 fully saturated rings. The lowest BCUT2D eigenvalue weighted by atomic mass is 10.2. The van der Waals surface area contributed by atoms with E-state index in [-0.39, 0.29) is 24.2 Å². The number of hydrogen-bond donors (Lipinski definition) is 1. The van der Waals surface area contributed by atoms with E-state index in [2.05, 4.69) is 17.3 Å². The van der Waals surface area contributed by atoms with Crippen molar-refractivity contribution < 1.29 is 14.0 Å². The molecule has 1 N–H and O–H groups in total. The fourth-order valence-electron chi connectivity index (χ4n) is 3.54. The Kier molecular flexibility index (Phi) is 8.41. The number of nitrogens with one attached hydrogen (secondary N) is 1. The highest BCUT2D eigenvalue weighted by atomic mass is 35.5. The first-order chi connectivity index (χ1) is 15.4. The number of aromatic nitrogens is 2. The number of hydrogen-bond acceptors (Lipinski definition) is 4. The Morgan fingerprint density at radius 2 is 1.88 bits per heavy atom. The molecule has 0 atom stereocenters. The molecule has 3 rings (SSSR count). The summed E-state index contributed by atoms with van der Waals surface area (Å²) in [6.45, 7) is 7.26. The number of carbonyl (C=O) groups excluding carboxylic acids is 2. The highest BCUT2D eigenvalue weighted by Crippen LogP contribution is 2.22. The topological polar surface area (TPSA) is 70.5 Å². The molecule has 2 amide bonds. The van der Waals surface area contributed by atoms with Gasteiger partial charge in [-0.05, 0) is 43.7 Å². The Hall–Kier alpha value is -2.71. The first-order valence-corrected chi connectivity index (χ1v) is 11.2. The third-order valence-corrected chi connectivity index (χ3v) is 5.80. The third kappa shape index (κ3) is 6.40. The van der Waals surface area contributed by atoms with E-state index in [4.69, 9.17) is 11.6 Å². The van der Waals surface area contributed by atoms with Crippen molar-refractivity contribution in [2.24, 2.45) is 0 Å². The van der Waals surface area contributed by atoms with E-state index in [1.165, 1.54) is 30.3 Å². The second-order valence-electron chi connectivity index (χ2n) is 7.86. The van der Waals surface area contributed by atoms with Crippen LogP contribution in [0.25, 0.3) is 6.08 Å². The summed E-state index contributed by atoms with van der Waals surface area (Å²) in [5.74, 6) is -0.598. The Balaban J connectivity index is 1.47. The Labute approximate surface area is 192 Å². The molecule has 172 valence electrons. The summed E-state index contributed by atoms with van der Waals surface area (Å²) in [6, 6.07) is 5.66. The van der Waals surface area contributed by atoms with Gasteiger partial charge in [-0.25, -0.2) is 4.39 Å². The first kappa shape index (κ1) is 23.9. The smallest absolute Gasteiger partial charge is 0.246 e. The summed E-state index contributed by atoms with van der Waals surface area (Å²) >= 11 is 6.43. The summed E-state index contributed by atoms with van der Waals surface area (Å²) in [5, 5.41) is 7.76. The lowest BCUT2D eigenvalue weighted by Crippen LogP contribution is -2.50. The van der Waals surface area contributed by atoms with E-state index in [1.807, 2.05) is 11.8 Å². The van der Waals surface area contributed by atoms with E-state index in [0.717, 1.165) is 30.6 Å². The largest absolute Gasteiger partial charge is 0.337 e. The van der Waals surface area contributed by atoms with Crippen molar-refractivity contribution in [1.82, 2.24) is 19.6 Å². The zero-order chi connectivity index (χ0) is 23.1. The number of carbonyl (C=O) groups is 2. The van der Waals surface area contributed by atoms with Crippen LogP contribution in [0.4, 0.5) is 10.1 Å². The quantitative estimate of drug-likeness (QED) is 0.610. The fraction of sp³-hybridized carbons (Fsp3) is 0.435. The molecule has 7 nitrogen and oxygen atoms in total. The van der Waals surface area contributed by atoms with Crippen LogP contribution < -0.4 is 5.32 Å². The van der Waals surface area contributed by atoms with E-state index in [0.29, 0.717) is 37.0 Å². The molecule has 32 heavy (non-hydrogen) atoms. The van der Waals surface area contributed by atoms with Crippen molar-refractivity contribution >= 4 is 35.2 Å². The van der Waals surface area contributed by atoms with Crippen molar-refractivity contribution in [2.45, 2.75) is 33.2 Å². The van der Waals surface area contributed by atoms with E-state index < -0.39 is 0 Å². The van der Waals surface area contributed by atoms with Gasteiger partial charge in [-0.3, -0.25) is 19.2 Å². The summed E-state index contributed by atoms with van der Waals surface area (Å²) in [5.41, 5.74) is 2.13. The molecule has 9 heteroatoms. The lowest BCUT2D eigenvalue weighted by molar-refractivity contribution is -0.127. The molecule has 2 aromatic rings. The van der Waals surface area contributed by atoms with Crippen LogP contribution in [0.15, 0.2) is 30.3 Å². The highest BCUT2D eigenvalue weighted by molar-refractivity contribution is 6.31. The Morgan fingerprint density at radius 3 is 2.53 bits per heavy atom. The molecule has 1 saturated heterocycles. The molecule has 0 saturated carbocycles. The fourth-order valence-corrected chi connectivity index (χ4v) is 3.86. The molecule has 2 heterocycles. The van der Waals surface area contributed by atoms with Gasteiger partial charge in [0.05, 0.1) is 12.2 Å². The van der Waals surface area contributed by atoms with Crippen LogP contribution in [0.3, 0.4) is 0 Å². The van der Waals surface area contributed by atoms with Gasteiger partial charge >= 0.3 is 0 Å². The maximum absolute atomic E-state index is 13.0. The zero-order valence-electron chi connectivity index (χ0n) is 18.5. The van der Waals surface area contributed by atoms with Gasteiger partial charge < -0.3 is 10.2 Å². The standard InChI is InChI=1S/C23H29ClFN5O2/c1-3-4-11-30-23(24)20(17(2)27-30)9-10-22(32)29-14-12-28(13-15-29)16-21(31)26-19-7-5-18(25)6-8-19/h5-10H,3-4,11-16H2,1-2H3,(H,26,31)/b10-9+. The molecule has 0 aliphatic carbocycles. The monoisotopic (exact) mass is 461 g/mol. The van der Waals surface area contributed by atoms with Crippen LogP contribution >= 0.6 is 11.6 Å². The summed E-state index contributed by atoms with van der Waals surface area (Å²) < 4.78 is 14.7. The molecule has 0 bridgehead atoms. The molecule has 1 aliphatic heterocycles. The van der Waals surface area contributed by atoms with Crippen LogP contribution in [-0.2, 0) is 16.1 Å². The van der Waals surface area contributed by atoms with Gasteiger partial charge in [0, 0.05) is 50.1 Å². The number of aryl methyl sites for hydroxylation is 2. The van der Waals surface area contributed by atoms with Crippen molar-refractivity contribution in [1.29, 1.82) is 0 Å². The molecular weight excluding hydrogens is 433 g/mol. The molecule has 0 unspecified atom stereocenters. The van der Waals surface area contributed by atoms with Gasteiger partial charge in [0.25, 0.3) is 0 Å². The maximum Gasteiger partial charge on any atom is 0.246 e. The summed E-state index contributed by atoms with van der Waals surface area (Å²) in [4.78, 5) is 28.6. The van der Waals surface area contributed by atoms with Gasteiger partial charge in [0.15, 0.2) is 0 Å². The van der Waals surface area contributed by atoms with Gasteiger partial charge in [0.2, 0.25) is 11.8 Å². The van der Waals surface area contributed by atoms with E-state index >= 15 is 0 Å². The summed E-state index contributed by atoms with van der Waals surface area (Å²) in [6.07, 6.45) is 5.32. The zero-order valence-corrected chi connectivity index (χ0v) is 19.2. The first-order valence-electron chi connectivity index (χ1n) is 10.8. The number of benzene rings is 1. The molecule has 0 spiro atoms. The molecule has 1 aromatic heterocycles. The molecule has 0 radical (unpaired) electrons. The van der Waals surface area contributed by atoms with Gasteiger partial charge in [-0.15, -0.1) is 0 Å². The molecule has 1 aliphatic rings. The number of piperazine rings is 1. The number of amides is 2. The Bertz CT molecular complexity index is 966.